The van der Waals surface area contributed by atoms with Gasteiger partial charge in [-0.05, 0) is 15.9 Å². The van der Waals surface area contributed by atoms with Crippen molar-refractivity contribution in [3.05, 3.63) is 15.9 Å². The molecule has 1 aromatic rings. The van der Waals surface area contributed by atoms with E-state index < -0.39 is 11.9 Å². The van der Waals surface area contributed by atoms with Gasteiger partial charge in [0.15, 0.2) is 0 Å². The molecule has 0 amide bonds. The fourth-order valence-corrected chi connectivity index (χ4v) is 3.19. The highest BCUT2D eigenvalue weighted by atomic mass is 79.9. The van der Waals surface area contributed by atoms with Gasteiger partial charge in [-0.15, -0.1) is 11.6 Å². The van der Waals surface area contributed by atoms with Crippen molar-refractivity contribution < 1.29 is 9.90 Å². The normalized spacial score (nSPS) is 23.8. The second-order valence-corrected chi connectivity index (χ2v) is 5.17. The molecule has 1 fully saturated rings. The van der Waals surface area contributed by atoms with Crippen LogP contribution in [0.25, 0.3) is 0 Å². The number of carbonyl (C=O) groups is 1. The summed E-state index contributed by atoms with van der Waals surface area (Å²) in [7, 11) is 0. The third-order valence-electron chi connectivity index (χ3n) is 2.79. The number of aromatic amines is 1. The van der Waals surface area contributed by atoms with Crippen molar-refractivity contribution in [1.82, 2.24) is 15.5 Å². The van der Waals surface area contributed by atoms with E-state index in [4.69, 9.17) is 23.8 Å². The third-order valence-corrected chi connectivity index (χ3v) is 4.06. The Morgan fingerprint density at radius 1 is 1.71 bits per heavy atom. The number of carboxylic acids is 1. The molecule has 2 atom stereocenters. The van der Waals surface area contributed by atoms with Gasteiger partial charge in [0.2, 0.25) is 0 Å². The molecule has 2 heterocycles. The minimum absolute atomic E-state index is 0.248. The number of hydrogen-bond acceptors (Lipinski definition) is 3. The summed E-state index contributed by atoms with van der Waals surface area (Å²) >= 11 is 14.1. The van der Waals surface area contributed by atoms with Crippen molar-refractivity contribution in [3.8, 4) is 0 Å². The van der Waals surface area contributed by atoms with Crippen LogP contribution in [0.4, 0.5) is 0 Å². The molecule has 2 unspecified atom stereocenters. The molecule has 5 nitrogen and oxygen atoms in total. The predicted molar refractivity (Wildman–Crippen MR) is 70.3 cm³/mol. The van der Waals surface area contributed by atoms with E-state index in [1.807, 2.05) is 0 Å². The topological polar surface area (TPSA) is 78.0 Å². The SMILES string of the molecule is O=C(O)C1C(=S)NCC1c1c(Br)n[nH]c1CCl. The van der Waals surface area contributed by atoms with Crippen LogP contribution in [0.3, 0.4) is 0 Å². The Kier molecular flexibility index (Phi) is 3.70. The largest absolute Gasteiger partial charge is 0.481 e. The highest BCUT2D eigenvalue weighted by molar-refractivity contribution is 9.10. The number of aromatic nitrogens is 2. The number of hydrogen-bond donors (Lipinski definition) is 3. The van der Waals surface area contributed by atoms with Crippen molar-refractivity contribution in [2.45, 2.75) is 11.8 Å². The minimum Gasteiger partial charge on any atom is -0.481 e. The Labute approximate surface area is 116 Å². The van der Waals surface area contributed by atoms with Gasteiger partial charge in [-0.3, -0.25) is 9.89 Å². The van der Waals surface area contributed by atoms with Crippen LogP contribution in [0.1, 0.15) is 17.2 Å². The molecule has 1 aliphatic heterocycles. The van der Waals surface area contributed by atoms with E-state index in [0.29, 0.717) is 16.1 Å². The Morgan fingerprint density at radius 3 is 3.00 bits per heavy atom. The van der Waals surface area contributed by atoms with E-state index in [0.717, 1.165) is 11.3 Å². The van der Waals surface area contributed by atoms with Gasteiger partial charge in [0.1, 0.15) is 10.5 Å². The lowest BCUT2D eigenvalue weighted by Crippen LogP contribution is -2.25. The van der Waals surface area contributed by atoms with E-state index in [1.165, 1.54) is 0 Å². The van der Waals surface area contributed by atoms with Crippen molar-refractivity contribution in [2.75, 3.05) is 6.54 Å². The highest BCUT2D eigenvalue weighted by Gasteiger charge is 2.41. The lowest BCUT2D eigenvalue weighted by molar-refractivity contribution is -0.139. The van der Waals surface area contributed by atoms with Gasteiger partial charge in [0, 0.05) is 18.0 Å². The summed E-state index contributed by atoms with van der Waals surface area (Å²) in [6.45, 7) is 0.484. The van der Waals surface area contributed by atoms with Gasteiger partial charge < -0.3 is 10.4 Å². The maximum absolute atomic E-state index is 11.2. The Balaban J connectivity index is 2.42. The Bertz CT molecular complexity index is 479. The molecule has 1 aliphatic rings. The van der Waals surface area contributed by atoms with Gasteiger partial charge in [0.05, 0.1) is 16.6 Å². The summed E-state index contributed by atoms with van der Waals surface area (Å²) in [4.78, 5) is 11.6. The lowest BCUT2D eigenvalue weighted by Gasteiger charge is -2.14. The quantitative estimate of drug-likeness (QED) is 0.577. The number of halogens is 2. The number of H-pyrrole nitrogens is 1. The maximum Gasteiger partial charge on any atom is 0.314 e. The molecular formula is C9H9BrClN3O2S. The minimum atomic E-state index is -0.932. The van der Waals surface area contributed by atoms with E-state index in [2.05, 4.69) is 31.4 Å². The first-order chi connectivity index (χ1) is 8.06. The fourth-order valence-electron chi connectivity index (χ4n) is 2.01. The number of thiocarbonyl (C=S) groups is 1. The summed E-state index contributed by atoms with van der Waals surface area (Å²) in [5.41, 5.74) is 1.51. The van der Waals surface area contributed by atoms with E-state index in [1.54, 1.807) is 0 Å². The number of nitrogens with one attached hydrogen (secondary N) is 2. The predicted octanol–water partition coefficient (Wildman–Crippen LogP) is 1.63. The molecule has 0 aliphatic carbocycles. The van der Waals surface area contributed by atoms with Crippen LogP contribution >= 0.6 is 39.7 Å². The number of nitrogens with zero attached hydrogens (tertiary/aromatic N) is 1. The van der Waals surface area contributed by atoms with Crippen LogP contribution in [-0.4, -0.2) is 32.8 Å². The van der Waals surface area contributed by atoms with E-state index in [9.17, 15) is 9.90 Å². The number of carboxylic acid groups (broad SMARTS) is 1. The second-order valence-electron chi connectivity index (χ2n) is 3.71. The second kappa shape index (κ2) is 4.91. The molecule has 8 heteroatoms. The average molecular weight is 339 g/mol. The molecule has 0 aromatic carbocycles. The third kappa shape index (κ3) is 2.19. The van der Waals surface area contributed by atoms with E-state index >= 15 is 0 Å². The first-order valence-electron chi connectivity index (χ1n) is 4.85. The molecule has 0 spiro atoms. The molecule has 92 valence electrons. The van der Waals surface area contributed by atoms with Crippen LogP contribution in [0, 0.1) is 5.92 Å². The summed E-state index contributed by atoms with van der Waals surface area (Å²) in [5, 5.41) is 18.9. The molecule has 17 heavy (non-hydrogen) atoms. The lowest BCUT2D eigenvalue weighted by atomic mass is 9.89. The first kappa shape index (κ1) is 12.8. The van der Waals surface area contributed by atoms with Crippen LogP contribution in [0.2, 0.25) is 0 Å². The van der Waals surface area contributed by atoms with Gasteiger partial charge in [-0.1, -0.05) is 12.2 Å². The summed E-state index contributed by atoms with van der Waals surface area (Å²) < 4.78 is 0.593. The zero-order valence-electron chi connectivity index (χ0n) is 8.54. The van der Waals surface area contributed by atoms with Gasteiger partial charge in [0.25, 0.3) is 0 Å². The Morgan fingerprint density at radius 2 is 2.41 bits per heavy atom. The molecule has 0 bridgehead atoms. The average Bonchev–Trinajstić information content (AvgIpc) is 2.81. The highest BCUT2D eigenvalue weighted by Crippen LogP contribution is 2.36. The van der Waals surface area contributed by atoms with Crippen molar-refractivity contribution >= 4 is 50.7 Å². The van der Waals surface area contributed by atoms with E-state index in [-0.39, 0.29) is 11.8 Å². The molecule has 3 N–H and O–H groups in total. The monoisotopic (exact) mass is 337 g/mol. The summed E-state index contributed by atoms with van der Waals surface area (Å²) in [6.07, 6.45) is 0. The fraction of sp³-hybridized carbons (Fsp3) is 0.444. The first-order valence-corrected chi connectivity index (χ1v) is 6.59. The maximum atomic E-state index is 11.2. The standard InChI is InChI=1S/C9H9BrClN3O2S/c10-7-5(4(1-11)13-14-7)3-2-12-8(17)6(3)9(15)16/h3,6H,1-2H2,(H,12,17)(H,13,14)(H,15,16). The van der Waals surface area contributed by atoms with Crippen LogP contribution in [0.15, 0.2) is 4.60 Å². The molecule has 1 saturated heterocycles. The van der Waals surface area contributed by atoms with Crippen LogP contribution < -0.4 is 5.32 Å². The van der Waals surface area contributed by atoms with Crippen molar-refractivity contribution in [3.63, 3.8) is 0 Å². The smallest absolute Gasteiger partial charge is 0.314 e. The summed E-state index contributed by atoms with van der Waals surface area (Å²) in [5.74, 6) is -1.65. The van der Waals surface area contributed by atoms with Crippen LogP contribution in [0.5, 0.6) is 0 Å². The molecule has 0 radical (unpaired) electrons. The Hall–Kier alpha value is -0.660. The van der Waals surface area contributed by atoms with Crippen molar-refractivity contribution in [2.24, 2.45) is 5.92 Å². The number of rotatable bonds is 3. The summed E-state index contributed by atoms with van der Waals surface area (Å²) in [6, 6.07) is 0. The zero-order chi connectivity index (χ0) is 12.6. The van der Waals surface area contributed by atoms with Gasteiger partial charge >= 0.3 is 5.97 Å². The van der Waals surface area contributed by atoms with Crippen molar-refractivity contribution in [1.29, 1.82) is 0 Å². The molecule has 1 aromatic heterocycles. The van der Waals surface area contributed by atoms with Gasteiger partial charge in [-0.25, -0.2) is 0 Å². The van der Waals surface area contributed by atoms with Crippen LogP contribution in [-0.2, 0) is 10.7 Å². The zero-order valence-corrected chi connectivity index (χ0v) is 11.7. The molecule has 0 saturated carbocycles. The number of alkyl halides is 1. The molecule has 2 rings (SSSR count). The van der Waals surface area contributed by atoms with Gasteiger partial charge in [-0.2, -0.15) is 5.10 Å². The molecular weight excluding hydrogens is 330 g/mol. The number of aliphatic carboxylic acids is 1.